The lowest BCUT2D eigenvalue weighted by atomic mass is 9.73. The Hall–Kier alpha value is -5.08. The van der Waals surface area contributed by atoms with Crippen molar-refractivity contribution in [2.45, 2.75) is 38.5 Å². The third kappa shape index (κ3) is 3.26. The van der Waals surface area contributed by atoms with Crippen molar-refractivity contribution in [1.82, 2.24) is 4.57 Å². The summed E-state index contributed by atoms with van der Waals surface area (Å²) < 4.78 is 2.50. The molecule has 2 aliphatic rings. The number of rotatable bonds is 2. The molecule has 0 fully saturated rings. The molecule has 2 heteroatoms. The van der Waals surface area contributed by atoms with E-state index in [1.54, 1.807) is 0 Å². The Morgan fingerprint density at radius 1 is 0.432 bits per heavy atom. The van der Waals surface area contributed by atoms with Crippen LogP contribution in [0.25, 0.3) is 38.6 Å². The highest BCUT2D eigenvalue weighted by atomic mass is 15.2. The van der Waals surface area contributed by atoms with E-state index in [0.717, 1.165) is 0 Å². The third-order valence-electron chi connectivity index (χ3n) is 10.4. The van der Waals surface area contributed by atoms with Gasteiger partial charge in [0.2, 0.25) is 0 Å². The summed E-state index contributed by atoms with van der Waals surface area (Å²) in [5, 5.41) is 2.63. The van der Waals surface area contributed by atoms with Crippen LogP contribution in [0.4, 0.5) is 17.1 Å². The molecule has 0 saturated heterocycles. The SMILES string of the molecule is CC1(C)c2ccccc2N(c2ccccc2)c2ccc(-c3ccc4c(c3)c3cccc5c3n4-c3ccccc3C5(C)C)cc21. The average molecular weight is 567 g/mol. The lowest BCUT2D eigenvalue weighted by Gasteiger charge is -2.42. The molecule has 7 aromatic rings. The third-order valence-corrected chi connectivity index (χ3v) is 10.4. The minimum Gasteiger partial charge on any atom is -0.310 e. The number of hydrogen-bond donors (Lipinski definition) is 0. The molecule has 0 aliphatic carbocycles. The maximum atomic E-state index is 2.50. The van der Waals surface area contributed by atoms with Crippen molar-refractivity contribution in [2.24, 2.45) is 0 Å². The van der Waals surface area contributed by atoms with Crippen molar-refractivity contribution < 1.29 is 0 Å². The van der Waals surface area contributed by atoms with Gasteiger partial charge in [0.25, 0.3) is 0 Å². The van der Waals surface area contributed by atoms with Gasteiger partial charge in [-0.05, 0) is 81.9 Å². The van der Waals surface area contributed by atoms with Crippen LogP contribution in [0.3, 0.4) is 0 Å². The normalized spacial score (nSPS) is 15.6. The highest BCUT2D eigenvalue weighted by molar-refractivity contribution is 6.12. The summed E-state index contributed by atoms with van der Waals surface area (Å²) in [4.78, 5) is 2.42. The van der Waals surface area contributed by atoms with Crippen molar-refractivity contribution in [2.75, 3.05) is 4.90 Å². The predicted octanol–water partition coefficient (Wildman–Crippen LogP) is 11.2. The van der Waals surface area contributed by atoms with Gasteiger partial charge < -0.3 is 9.47 Å². The maximum absolute atomic E-state index is 2.50. The molecule has 6 aromatic carbocycles. The zero-order valence-corrected chi connectivity index (χ0v) is 25.6. The fourth-order valence-corrected chi connectivity index (χ4v) is 8.08. The molecule has 0 bridgehead atoms. The largest absolute Gasteiger partial charge is 0.310 e. The van der Waals surface area contributed by atoms with Crippen LogP contribution in [-0.4, -0.2) is 4.57 Å². The highest BCUT2D eigenvalue weighted by Gasteiger charge is 2.37. The molecule has 0 spiro atoms. The molecule has 44 heavy (non-hydrogen) atoms. The number of benzene rings is 6. The summed E-state index contributed by atoms with van der Waals surface area (Å²) in [6.45, 7) is 9.45. The van der Waals surface area contributed by atoms with E-state index < -0.39 is 0 Å². The lowest BCUT2D eigenvalue weighted by molar-refractivity contribution is 0.630. The van der Waals surface area contributed by atoms with Gasteiger partial charge in [0.15, 0.2) is 0 Å². The first-order chi connectivity index (χ1) is 21.4. The summed E-state index contributed by atoms with van der Waals surface area (Å²) in [6.07, 6.45) is 0. The van der Waals surface area contributed by atoms with Crippen LogP contribution in [0.15, 0.2) is 133 Å². The maximum Gasteiger partial charge on any atom is 0.0582 e. The van der Waals surface area contributed by atoms with Gasteiger partial charge in [-0.25, -0.2) is 0 Å². The smallest absolute Gasteiger partial charge is 0.0582 e. The van der Waals surface area contributed by atoms with E-state index in [-0.39, 0.29) is 10.8 Å². The second-order valence-corrected chi connectivity index (χ2v) is 13.5. The van der Waals surface area contributed by atoms with Crippen LogP contribution < -0.4 is 4.90 Å². The monoisotopic (exact) mass is 566 g/mol. The first kappa shape index (κ1) is 25.4. The number of aromatic nitrogens is 1. The number of para-hydroxylation sites is 4. The Balaban J connectivity index is 1.26. The number of hydrogen-bond acceptors (Lipinski definition) is 1. The zero-order chi connectivity index (χ0) is 29.8. The van der Waals surface area contributed by atoms with E-state index >= 15 is 0 Å². The van der Waals surface area contributed by atoms with Gasteiger partial charge in [-0.1, -0.05) is 113 Å². The van der Waals surface area contributed by atoms with E-state index in [4.69, 9.17) is 0 Å². The van der Waals surface area contributed by atoms with Crippen LogP contribution in [0.5, 0.6) is 0 Å². The van der Waals surface area contributed by atoms with E-state index in [0.29, 0.717) is 0 Å². The molecular formula is C42H34N2. The van der Waals surface area contributed by atoms with E-state index in [9.17, 15) is 0 Å². The van der Waals surface area contributed by atoms with Crippen molar-refractivity contribution in [3.8, 4) is 16.8 Å². The molecule has 0 amide bonds. The van der Waals surface area contributed by atoms with Crippen molar-refractivity contribution >= 4 is 38.9 Å². The van der Waals surface area contributed by atoms with Crippen LogP contribution >= 0.6 is 0 Å². The number of fused-ring (bicyclic) bond motifs is 7. The molecule has 9 rings (SSSR count). The summed E-state index contributed by atoms with van der Waals surface area (Å²) >= 11 is 0. The van der Waals surface area contributed by atoms with E-state index in [1.165, 1.54) is 77.9 Å². The van der Waals surface area contributed by atoms with E-state index in [2.05, 4.69) is 171 Å². The first-order valence-corrected chi connectivity index (χ1v) is 15.6. The van der Waals surface area contributed by atoms with Crippen molar-refractivity contribution in [3.05, 3.63) is 156 Å². The lowest BCUT2D eigenvalue weighted by Crippen LogP contribution is -2.30. The fourth-order valence-electron chi connectivity index (χ4n) is 8.08. The molecule has 0 radical (unpaired) electrons. The molecular weight excluding hydrogens is 532 g/mol. The predicted molar refractivity (Wildman–Crippen MR) is 185 cm³/mol. The molecule has 3 heterocycles. The van der Waals surface area contributed by atoms with Crippen molar-refractivity contribution in [3.63, 3.8) is 0 Å². The first-order valence-electron chi connectivity index (χ1n) is 15.6. The topological polar surface area (TPSA) is 8.17 Å². The van der Waals surface area contributed by atoms with Gasteiger partial charge in [-0.3, -0.25) is 0 Å². The summed E-state index contributed by atoms with van der Waals surface area (Å²) in [7, 11) is 0. The van der Waals surface area contributed by atoms with Gasteiger partial charge in [0.05, 0.1) is 28.1 Å². The summed E-state index contributed by atoms with van der Waals surface area (Å²) in [6, 6.07) is 49.5. The minimum absolute atomic E-state index is 0.0612. The Morgan fingerprint density at radius 3 is 1.82 bits per heavy atom. The molecule has 2 nitrogen and oxygen atoms in total. The molecule has 1 aromatic heterocycles. The van der Waals surface area contributed by atoms with E-state index in [1.807, 2.05) is 0 Å². The van der Waals surface area contributed by atoms with Gasteiger partial charge in [-0.2, -0.15) is 0 Å². The van der Waals surface area contributed by atoms with Gasteiger partial charge in [0.1, 0.15) is 0 Å². The molecule has 0 unspecified atom stereocenters. The highest BCUT2D eigenvalue weighted by Crippen LogP contribution is 2.53. The fraction of sp³-hybridized carbons (Fsp3) is 0.143. The number of nitrogens with zero attached hydrogens (tertiary/aromatic N) is 2. The second kappa shape index (κ2) is 8.74. The van der Waals surface area contributed by atoms with Crippen LogP contribution in [0.2, 0.25) is 0 Å². The van der Waals surface area contributed by atoms with Gasteiger partial charge in [-0.15, -0.1) is 0 Å². The Bertz CT molecular complexity index is 2280. The van der Waals surface area contributed by atoms with Crippen LogP contribution in [0.1, 0.15) is 49.9 Å². The second-order valence-electron chi connectivity index (χ2n) is 13.5. The summed E-state index contributed by atoms with van der Waals surface area (Å²) in [5.41, 5.74) is 15.3. The Morgan fingerprint density at radius 2 is 1.02 bits per heavy atom. The van der Waals surface area contributed by atoms with Crippen molar-refractivity contribution in [1.29, 1.82) is 0 Å². The number of anilines is 3. The van der Waals surface area contributed by atoms with Crippen LogP contribution in [-0.2, 0) is 10.8 Å². The Labute approximate surface area is 258 Å². The molecule has 0 atom stereocenters. The Kier molecular flexibility index (Phi) is 5.05. The molecule has 0 N–H and O–H groups in total. The zero-order valence-electron chi connectivity index (χ0n) is 25.6. The quantitative estimate of drug-likeness (QED) is 0.202. The molecule has 0 saturated carbocycles. The summed E-state index contributed by atoms with van der Waals surface area (Å²) in [5.74, 6) is 0. The molecule has 2 aliphatic heterocycles. The standard InChI is InChI=1S/C42H34N2/c1-41(2)33-17-9-11-20-38(33)44-36-23-21-27(25-31(36)30-15-12-18-34(41)40(30)44)28-22-24-39-35(26-28)42(3,4)32-16-8-10-19-37(32)43(39)29-13-6-5-7-14-29/h5-26H,1-4H3. The minimum atomic E-state index is -0.143. The van der Waals surface area contributed by atoms with Crippen LogP contribution in [0, 0.1) is 0 Å². The van der Waals surface area contributed by atoms with Gasteiger partial charge in [0, 0.05) is 27.3 Å². The van der Waals surface area contributed by atoms with Gasteiger partial charge >= 0.3 is 0 Å². The molecule has 212 valence electrons. The average Bonchev–Trinajstić information content (AvgIpc) is 3.39.